The minimum atomic E-state index is -0.894. The molecule has 0 aliphatic carbocycles. The first-order valence-electron chi connectivity index (χ1n) is 3.18. The van der Waals surface area contributed by atoms with E-state index < -0.39 is 11.5 Å². The Kier molecular flexibility index (Phi) is 2.20. The molecule has 0 aliphatic rings. The number of hydrogen-bond donors (Lipinski definition) is 1. The zero-order valence-corrected chi connectivity index (χ0v) is 7.15. The van der Waals surface area contributed by atoms with Crippen molar-refractivity contribution < 1.29 is 9.50 Å². The first kappa shape index (κ1) is 8.55. The van der Waals surface area contributed by atoms with Gasteiger partial charge in [0.25, 0.3) is 0 Å². The molecule has 0 radical (unpaired) electrons. The van der Waals surface area contributed by atoms with Crippen molar-refractivity contribution in [1.82, 2.24) is 9.59 Å². The van der Waals surface area contributed by atoms with Gasteiger partial charge < -0.3 is 5.11 Å². The van der Waals surface area contributed by atoms with E-state index in [-0.39, 0.29) is 6.42 Å². The van der Waals surface area contributed by atoms with Gasteiger partial charge in [-0.3, -0.25) is 0 Å². The Labute approximate surface area is 68.0 Å². The van der Waals surface area contributed by atoms with E-state index in [1.807, 2.05) is 0 Å². The SMILES string of the molecule is CC(C)(O)Cc1snnc1F. The van der Waals surface area contributed by atoms with Crippen molar-refractivity contribution in [3.63, 3.8) is 0 Å². The summed E-state index contributed by atoms with van der Waals surface area (Å²) in [7, 11) is 0. The van der Waals surface area contributed by atoms with Crippen LogP contribution in [-0.2, 0) is 6.42 Å². The van der Waals surface area contributed by atoms with E-state index in [0.29, 0.717) is 4.88 Å². The van der Waals surface area contributed by atoms with Gasteiger partial charge in [0, 0.05) is 6.42 Å². The summed E-state index contributed by atoms with van der Waals surface area (Å²) in [5.41, 5.74) is -0.894. The van der Waals surface area contributed by atoms with Crippen LogP contribution in [0.3, 0.4) is 0 Å². The maximum Gasteiger partial charge on any atom is 0.248 e. The molecule has 0 bridgehead atoms. The van der Waals surface area contributed by atoms with Gasteiger partial charge >= 0.3 is 0 Å². The van der Waals surface area contributed by atoms with E-state index in [4.69, 9.17) is 0 Å². The van der Waals surface area contributed by atoms with Crippen molar-refractivity contribution in [3.8, 4) is 0 Å². The summed E-state index contributed by atoms with van der Waals surface area (Å²) in [5.74, 6) is -0.572. The van der Waals surface area contributed by atoms with Gasteiger partial charge in [-0.1, -0.05) is 4.49 Å². The molecule has 0 saturated carbocycles. The van der Waals surface area contributed by atoms with Gasteiger partial charge in [-0.25, -0.2) is 0 Å². The van der Waals surface area contributed by atoms with Crippen LogP contribution in [0.4, 0.5) is 4.39 Å². The molecule has 0 atom stereocenters. The summed E-state index contributed by atoms with van der Waals surface area (Å²) >= 11 is 0.980. The molecular weight excluding hydrogens is 167 g/mol. The molecule has 0 amide bonds. The Bertz CT molecular complexity index is 243. The molecular formula is C6H9FN2OS. The molecule has 0 aliphatic heterocycles. The van der Waals surface area contributed by atoms with Crippen LogP contribution < -0.4 is 0 Å². The highest BCUT2D eigenvalue weighted by Gasteiger charge is 2.18. The van der Waals surface area contributed by atoms with E-state index in [9.17, 15) is 9.50 Å². The first-order valence-corrected chi connectivity index (χ1v) is 3.95. The van der Waals surface area contributed by atoms with E-state index >= 15 is 0 Å². The van der Waals surface area contributed by atoms with Gasteiger partial charge in [0.05, 0.1) is 10.5 Å². The highest BCUT2D eigenvalue weighted by molar-refractivity contribution is 7.05. The summed E-state index contributed by atoms with van der Waals surface area (Å²) < 4.78 is 16.0. The minimum absolute atomic E-state index is 0.260. The topological polar surface area (TPSA) is 46.0 Å². The zero-order chi connectivity index (χ0) is 8.48. The van der Waals surface area contributed by atoms with Crippen LogP contribution in [0.5, 0.6) is 0 Å². The van der Waals surface area contributed by atoms with Crippen molar-refractivity contribution in [2.45, 2.75) is 25.9 Å². The summed E-state index contributed by atoms with van der Waals surface area (Å²) in [4.78, 5) is 0.400. The first-order chi connectivity index (χ1) is 4.99. The number of aliphatic hydroxyl groups is 1. The predicted molar refractivity (Wildman–Crippen MR) is 39.9 cm³/mol. The summed E-state index contributed by atoms with van der Waals surface area (Å²) in [6, 6.07) is 0. The molecule has 1 rings (SSSR count). The van der Waals surface area contributed by atoms with Crippen LogP contribution in [0, 0.1) is 5.95 Å². The van der Waals surface area contributed by atoms with Gasteiger partial charge in [0.15, 0.2) is 0 Å². The van der Waals surface area contributed by atoms with Crippen LogP contribution in [0.2, 0.25) is 0 Å². The molecule has 0 unspecified atom stereocenters. The van der Waals surface area contributed by atoms with Crippen molar-refractivity contribution >= 4 is 11.5 Å². The second-order valence-electron chi connectivity index (χ2n) is 2.98. The van der Waals surface area contributed by atoms with Gasteiger partial charge in [-0.15, -0.1) is 5.10 Å². The van der Waals surface area contributed by atoms with Crippen LogP contribution in [0.1, 0.15) is 18.7 Å². The molecule has 11 heavy (non-hydrogen) atoms. The lowest BCUT2D eigenvalue weighted by Crippen LogP contribution is -2.21. The number of halogens is 1. The molecule has 1 aromatic heterocycles. The predicted octanol–water partition coefficient (Wildman–Crippen LogP) is 0.991. The number of aromatic nitrogens is 2. The summed E-state index contributed by atoms with van der Waals surface area (Å²) in [6.07, 6.45) is 0.260. The smallest absolute Gasteiger partial charge is 0.248 e. The number of rotatable bonds is 2. The second-order valence-corrected chi connectivity index (χ2v) is 3.81. The number of hydrogen-bond acceptors (Lipinski definition) is 4. The monoisotopic (exact) mass is 176 g/mol. The molecule has 0 fully saturated rings. The molecule has 1 N–H and O–H groups in total. The largest absolute Gasteiger partial charge is 0.390 e. The van der Waals surface area contributed by atoms with Gasteiger partial charge in [0.1, 0.15) is 0 Å². The summed E-state index contributed by atoms with van der Waals surface area (Å²) in [5, 5.41) is 12.5. The maximum absolute atomic E-state index is 12.6. The van der Waals surface area contributed by atoms with Crippen LogP contribution >= 0.6 is 11.5 Å². The van der Waals surface area contributed by atoms with Crippen molar-refractivity contribution in [1.29, 1.82) is 0 Å². The maximum atomic E-state index is 12.6. The molecule has 5 heteroatoms. The Morgan fingerprint density at radius 3 is 2.64 bits per heavy atom. The lowest BCUT2D eigenvalue weighted by Gasteiger charge is -2.14. The van der Waals surface area contributed by atoms with Gasteiger partial charge in [0.2, 0.25) is 5.95 Å². The third-order valence-electron chi connectivity index (χ3n) is 1.10. The van der Waals surface area contributed by atoms with Crippen molar-refractivity contribution in [2.24, 2.45) is 0 Å². The molecule has 1 heterocycles. The highest BCUT2D eigenvalue weighted by atomic mass is 32.1. The fourth-order valence-corrected chi connectivity index (χ4v) is 1.44. The van der Waals surface area contributed by atoms with Gasteiger partial charge in [-0.2, -0.15) is 4.39 Å². The lowest BCUT2D eigenvalue weighted by atomic mass is 10.1. The fourth-order valence-electron chi connectivity index (χ4n) is 0.697. The zero-order valence-electron chi connectivity index (χ0n) is 6.33. The average molecular weight is 176 g/mol. The van der Waals surface area contributed by atoms with E-state index in [2.05, 4.69) is 9.59 Å². The van der Waals surface area contributed by atoms with Crippen LogP contribution in [0.25, 0.3) is 0 Å². The van der Waals surface area contributed by atoms with E-state index in [1.165, 1.54) is 0 Å². The molecule has 1 aromatic rings. The Morgan fingerprint density at radius 1 is 1.64 bits per heavy atom. The average Bonchev–Trinajstić information content (AvgIpc) is 2.12. The normalized spacial score (nSPS) is 12.0. The fraction of sp³-hybridized carbons (Fsp3) is 0.667. The third kappa shape index (κ3) is 2.51. The molecule has 0 spiro atoms. The molecule has 62 valence electrons. The standard InChI is InChI=1S/C6H9FN2OS/c1-6(2,10)3-4-5(7)8-9-11-4/h10H,3H2,1-2H3. The minimum Gasteiger partial charge on any atom is -0.390 e. The Morgan fingerprint density at radius 2 is 2.27 bits per heavy atom. The Balaban J connectivity index is 2.72. The highest BCUT2D eigenvalue weighted by Crippen LogP contribution is 2.16. The molecule has 0 aromatic carbocycles. The second kappa shape index (κ2) is 2.83. The van der Waals surface area contributed by atoms with Crippen molar-refractivity contribution in [2.75, 3.05) is 0 Å². The van der Waals surface area contributed by atoms with E-state index in [0.717, 1.165) is 11.5 Å². The number of nitrogens with zero attached hydrogens (tertiary/aromatic N) is 2. The van der Waals surface area contributed by atoms with Crippen LogP contribution in [0.15, 0.2) is 0 Å². The van der Waals surface area contributed by atoms with Gasteiger partial charge in [-0.05, 0) is 25.4 Å². The van der Waals surface area contributed by atoms with Crippen molar-refractivity contribution in [3.05, 3.63) is 10.8 Å². The third-order valence-corrected chi connectivity index (χ3v) is 1.80. The summed E-state index contributed by atoms with van der Waals surface area (Å²) in [6.45, 7) is 3.23. The molecule has 3 nitrogen and oxygen atoms in total. The van der Waals surface area contributed by atoms with E-state index in [1.54, 1.807) is 13.8 Å². The quantitative estimate of drug-likeness (QED) is 0.731. The molecule has 0 saturated heterocycles. The lowest BCUT2D eigenvalue weighted by molar-refractivity contribution is 0.0808. The van der Waals surface area contributed by atoms with Crippen LogP contribution in [-0.4, -0.2) is 20.3 Å². The Hall–Kier alpha value is -0.550.